The van der Waals surface area contributed by atoms with Gasteiger partial charge in [-0.2, -0.15) is 0 Å². The summed E-state index contributed by atoms with van der Waals surface area (Å²) in [6.45, 7) is 5.11. The molecule has 2 fully saturated rings. The lowest BCUT2D eigenvalue weighted by Gasteiger charge is -2.31. The Hall–Kier alpha value is -2.96. The molecule has 194 valence electrons. The van der Waals surface area contributed by atoms with Crippen molar-refractivity contribution in [2.45, 2.75) is 52.1 Å². The molecule has 1 aromatic heterocycles. The number of phenolic OH excluding ortho intramolecular Hbond substituents is 1. The number of pyridine rings is 1. The average molecular weight is 521 g/mol. The van der Waals surface area contributed by atoms with Crippen molar-refractivity contribution < 1.29 is 19.4 Å². The second-order valence-electron chi connectivity index (χ2n) is 10.1. The number of allylic oxidation sites excluding steroid dienone is 2. The summed E-state index contributed by atoms with van der Waals surface area (Å²) in [5.74, 6) is -0.460. The molecular weight excluding hydrogens is 488 g/mol. The molecule has 0 unspecified atom stereocenters. The van der Waals surface area contributed by atoms with Gasteiger partial charge in [0.1, 0.15) is 5.75 Å². The lowest BCUT2D eigenvalue weighted by Crippen LogP contribution is -2.34. The second-order valence-corrected chi connectivity index (χ2v) is 10.5. The number of carbonyl (C=O) groups excluding carboxylic acids is 2. The normalized spacial score (nSPS) is 25.6. The first kappa shape index (κ1) is 25.7. The van der Waals surface area contributed by atoms with Crippen LogP contribution in [0.2, 0.25) is 5.02 Å². The van der Waals surface area contributed by atoms with Crippen molar-refractivity contribution in [3.8, 4) is 5.75 Å². The third-order valence-corrected chi connectivity index (χ3v) is 8.28. The summed E-state index contributed by atoms with van der Waals surface area (Å²) in [7, 11) is 0. The number of imide groups is 1. The third-order valence-electron chi connectivity index (χ3n) is 7.96. The number of fused-ring (bicyclic) bond motifs is 3. The van der Waals surface area contributed by atoms with E-state index in [1.165, 1.54) is 22.1 Å². The van der Waals surface area contributed by atoms with Gasteiger partial charge in [-0.3, -0.25) is 19.5 Å². The highest BCUT2D eigenvalue weighted by Gasteiger charge is 2.56. The molecule has 4 atom stereocenters. The van der Waals surface area contributed by atoms with E-state index in [4.69, 9.17) is 16.3 Å². The fraction of sp³-hybridized carbons (Fsp3) is 0.433. The Kier molecular flexibility index (Phi) is 7.50. The minimum atomic E-state index is -0.295. The fourth-order valence-corrected chi connectivity index (χ4v) is 6.48. The van der Waals surface area contributed by atoms with Crippen LogP contribution in [0.25, 0.3) is 11.6 Å². The van der Waals surface area contributed by atoms with Gasteiger partial charge < -0.3 is 9.84 Å². The van der Waals surface area contributed by atoms with Crippen LogP contribution >= 0.6 is 11.6 Å². The number of halogens is 1. The third kappa shape index (κ3) is 4.85. The highest BCUT2D eigenvalue weighted by atomic mass is 35.5. The summed E-state index contributed by atoms with van der Waals surface area (Å²) >= 11 is 6.41. The zero-order valence-electron chi connectivity index (χ0n) is 21.3. The molecule has 37 heavy (non-hydrogen) atoms. The van der Waals surface area contributed by atoms with E-state index in [1.54, 1.807) is 18.3 Å². The lowest BCUT2D eigenvalue weighted by molar-refractivity contribution is -0.140. The maximum atomic E-state index is 13.3. The van der Waals surface area contributed by atoms with Gasteiger partial charge >= 0.3 is 0 Å². The van der Waals surface area contributed by atoms with Crippen LogP contribution in [0.5, 0.6) is 5.75 Å². The molecule has 1 aliphatic carbocycles. The van der Waals surface area contributed by atoms with Crippen LogP contribution in [0.3, 0.4) is 0 Å². The summed E-state index contributed by atoms with van der Waals surface area (Å²) in [6, 6.07) is 10.8. The number of hydrogen-bond acceptors (Lipinski definition) is 5. The van der Waals surface area contributed by atoms with Crippen LogP contribution in [0.15, 0.2) is 53.7 Å². The zero-order chi connectivity index (χ0) is 26.1. The topological polar surface area (TPSA) is 79.7 Å². The number of carbonyl (C=O) groups is 2. The standard InChI is InChI=1S/C30H33ClN2O4/c1-3-13-33-29(35)22-15-18(4-2)27-23(28(22)30(33)36)17-37-26(27)11-9-20(25-7-5-6-12-32-25)14-19-8-10-21(34)16-24(19)31/h5-8,10,12,14,16,22-23,26,28,34H,3-4,9,11,13,15,17H2,1-2H3/b20-14-/t22-,23+,26-,28-/m1/s1. The number of rotatable bonds is 8. The first-order valence-corrected chi connectivity index (χ1v) is 13.6. The van der Waals surface area contributed by atoms with Crippen LogP contribution in [0, 0.1) is 17.8 Å². The van der Waals surface area contributed by atoms with Crippen molar-refractivity contribution in [2.75, 3.05) is 13.2 Å². The molecule has 2 saturated heterocycles. The van der Waals surface area contributed by atoms with Crippen molar-refractivity contribution >= 4 is 35.1 Å². The van der Waals surface area contributed by atoms with Crippen LogP contribution in [0.4, 0.5) is 0 Å². The van der Waals surface area contributed by atoms with Crippen molar-refractivity contribution in [3.05, 3.63) is 70.0 Å². The second kappa shape index (κ2) is 10.8. The Morgan fingerprint density at radius 1 is 1.19 bits per heavy atom. The van der Waals surface area contributed by atoms with Crippen molar-refractivity contribution in [1.29, 1.82) is 0 Å². The summed E-state index contributed by atoms with van der Waals surface area (Å²) in [5.41, 5.74) is 5.21. The molecule has 0 saturated carbocycles. The number of aromatic nitrogens is 1. The summed E-state index contributed by atoms with van der Waals surface area (Å²) in [5, 5.41) is 10.2. The molecule has 2 aromatic rings. The van der Waals surface area contributed by atoms with Gasteiger partial charge in [0.25, 0.3) is 0 Å². The minimum absolute atomic E-state index is 0.00329. The number of amides is 2. The number of likely N-dealkylation sites (tertiary alicyclic amines) is 1. The van der Waals surface area contributed by atoms with E-state index in [0.29, 0.717) is 31.0 Å². The van der Waals surface area contributed by atoms with Gasteiger partial charge in [0, 0.05) is 18.7 Å². The predicted octanol–water partition coefficient (Wildman–Crippen LogP) is 5.90. The van der Waals surface area contributed by atoms with Crippen molar-refractivity contribution in [3.63, 3.8) is 0 Å². The minimum Gasteiger partial charge on any atom is -0.508 e. The Balaban J connectivity index is 1.41. The molecule has 3 heterocycles. The molecule has 7 heteroatoms. The Bertz CT molecular complexity index is 1260. The Morgan fingerprint density at radius 2 is 2.03 bits per heavy atom. The average Bonchev–Trinajstić information content (AvgIpc) is 3.42. The van der Waals surface area contributed by atoms with Crippen LogP contribution in [-0.2, 0) is 14.3 Å². The molecule has 1 aromatic carbocycles. The van der Waals surface area contributed by atoms with Crippen LogP contribution in [0.1, 0.15) is 57.2 Å². The number of benzene rings is 1. The Morgan fingerprint density at radius 3 is 2.73 bits per heavy atom. The smallest absolute Gasteiger partial charge is 0.233 e. The summed E-state index contributed by atoms with van der Waals surface area (Å²) < 4.78 is 6.35. The van der Waals surface area contributed by atoms with Crippen LogP contribution in [-0.4, -0.2) is 46.1 Å². The largest absolute Gasteiger partial charge is 0.508 e. The highest BCUT2D eigenvalue weighted by Crippen LogP contribution is 2.50. The fourth-order valence-electron chi connectivity index (χ4n) is 6.26. The highest BCUT2D eigenvalue weighted by molar-refractivity contribution is 6.32. The molecule has 1 N–H and O–H groups in total. The van der Waals surface area contributed by atoms with Crippen LogP contribution < -0.4 is 0 Å². The van der Waals surface area contributed by atoms with E-state index in [2.05, 4.69) is 11.9 Å². The molecule has 0 radical (unpaired) electrons. The SMILES string of the molecule is CCCN1C(=O)[C@@H]2[C@@H](CC(CC)=C3[C@@H](CC/C(=C/c4ccc(O)cc4Cl)c4ccccn4)OC[C@@H]32)C1=O. The van der Waals surface area contributed by atoms with E-state index in [-0.39, 0.29) is 41.4 Å². The van der Waals surface area contributed by atoms with Gasteiger partial charge in [-0.1, -0.05) is 37.1 Å². The summed E-state index contributed by atoms with van der Waals surface area (Å²) in [6.07, 6.45) is 7.43. The van der Waals surface area contributed by atoms with E-state index < -0.39 is 0 Å². The van der Waals surface area contributed by atoms with Gasteiger partial charge in [-0.05, 0) is 85.2 Å². The zero-order valence-corrected chi connectivity index (χ0v) is 22.1. The quantitative estimate of drug-likeness (QED) is 0.346. The molecular formula is C30H33ClN2O4. The molecule has 2 amide bonds. The van der Waals surface area contributed by atoms with Gasteiger partial charge in [0.15, 0.2) is 0 Å². The molecule has 0 spiro atoms. The van der Waals surface area contributed by atoms with Gasteiger partial charge in [-0.25, -0.2) is 0 Å². The monoisotopic (exact) mass is 520 g/mol. The van der Waals surface area contributed by atoms with E-state index >= 15 is 0 Å². The first-order valence-electron chi connectivity index (χ1n) is 13.2. The number of nitrogens with zero attached hydrogens (tertiary/aromatic N) is 2. The molecule has 0 bridgehead atoms. The molecule has 5 rings (SSSR count). The molecule has 6 nitrogen and oxygen atoms in total. The van der Waals surface area contributed by atoms with E-state index in [0.717, 1.165) is 36.1 Å². The number of aromatic hydroxyl groups is 1. The number of phenols is 1. The molecule has 3 aliphatic rings. The Labute approximate surface area is 223 Å². The lowest BCUT2D eigenvalue weighted by atomic mass is 9.69. The van der Waals surface area contributed by atoms with E-state index in [9.17, 15) is 14.7 Å². The van der Waals surface area contributed by atoms with Gasteiger partial charge in [0.05, 0.1) is 35.3 Å². The van der Waals surface area contributed by atoms with E-state index in [1.807, 2.05) is 31.2 Å². The van der Waals surface area contributed by atoms with Crippen molar-refractivity contribution in [2.24, 2.45) is 17.8 Å². The molecule has 2 aliphatic heterocycles. The van der Waals surface area contributed by atoms with Crippen molar-refractivity contribution in [1.82, 2.24) is 9.88 Å². The summed E-state index contributed by atoms with van der Waals surface area (Å²) in [4.78, 5) is 32.4. The van der Waals surface area contributed by atoms with Gasteiger partial charge in [0.2, 0.25) is 11.8 Å². The maximum absolute atomic E-state index is 13.3. The maximum Gasteiger partial charge on any atom is 0.233 e. The number of hydrogen-bond donors (Lipinski definition) is 1. The first-order chi connectivity index (χ1) is 17.9. The van der Waals surface area contributed by atoms with Gasteiger partial charge in [-0.15, -0.1) is 0 Å². The number of ether oxygens (including phenoxy) is 1. The predicted molar refractivity (Wildman–Crippen MR) is 144 cm³/mol.